The number of aromatic nitrogens is 2. The van der Waals surface area contributed by atoms with Crippen molar-refractivity contribution in [2.24, 2.45) is 7.05 Å². The van der Waals surface area contributed by atoms with Crippen LogP contribution in [0.2, 0.25) is 0 Å². The van der Waals surface area contributed by atoms with Gasteiger partial charge in [0.25, 0.3) is 5.91 Å². The van der Waals surface area contributed by atoms with E-state index in [1.807, 2.05) is 23.6 Å². The van der Waals surface area contributed by atoms with Gasteiger partial charge in [0.2, 0.25) is 0 Å². The van der Waals surface area contributed by atoms with Gasteiger partial charge < -0.3 is 14.4 Å². The standard InChI is InChI=1S/C8H12N4O/c1-10-4-9-6-7(10)11(2)5-12(3)8(6)13/h4H,5H2,1-3H3. The van der Waals surface area contributed by atoms with Crippen LogP contribution in [0, 0.1) is 0 Å². The predicted octanol–water partition coefficient (Wildman–Crippen LogP) is -0.101. The summed E-state index contributed by atoms with van der Waals surface area (Å²) in [6.07, 6.45) is 1.66. The molecule has 0 atom stereocenters. The molecule has 0 aromatic carbocycles. The van der Waals surface area contributed by atoms with Crippen LogP contribution in [-0.2, 0) is 7.05 Å². The molecule has 1 aromatic heterocycles. The van der Waals surface area contributed by atoms with Crippen molar-refractivity contribution in [2.75, 3.05) is 25.7 Å². The smallest absolute Gasteiger partial charge is 0.277 e. The Morgan fingerprint density at radius 3 is 2.69 bits per heavy atom. The summed E-state index contributed by atoms with van der Waals surface area (Å²) in [4.78, 5) is 19.3. The summed E-state index contributed by atoms with van der Waals surface area (Å²) in [5.41, 5.74) is 0.541. The van der Waals surface area contributed by atoms with Crippen LogP contribution in [0.5, 0.6) is 0 Å². The first-order valence-corrected chi connectivity index (χ1v) is 4.09. The molecule has 0 aliphatic carbocycles. The van der Waals surface area contributed by atoms with Crippen LogP contribution in [0.3, 0.4) is 0 Å². The van der Waals surface area contributed by atoms with Crippen LogP contribution in [0.15, 0.2) is 6.33 Å². The molecule has 1 amide bonds. The molecule has 0 spiro atoms. The second-order valence-electron chi connectivity index (χ2n) is 3.37. The van der Waals surface area contributed by atoms with Gasteiger partial charge in [-0.25, -0.2) is 4.98 Å². The van der Waals surface area contributed by atoms with E-state index in [2.05, 4.69) is 4.98 Å². The molecule has 0 unspecified atom stereocenters. The molecular weight excluding hydrogens is 168 g/mol. The average Bonchev–Trinajstić information content (AvgIpc) is 2.44. The Morgan fingerprint density at radius 2 is 2.00 bits per heavy atom. The van der Waals surface area contributed by atoms with Gasteiger partial charge in [-0.05, 0) is 0 Å². The minimum Gasteiger partial charge on any atom is -0.341 e. The minimum absolute atomic E-state index is 0.00583. The van der Waals surface area contributed by atoms with Gasteiger partial charge in [-0.1, -0.05) is 0 Å². The molecule has 0 fully saturated rings. The summed E-state index contributed by atoms with van der Waals surface area (Å²) >= 11 is 0. The molecule has 2 heterocycles. The maximum atomic E-state index is 11.6. The maximum Gasteiger partial charge on any atom is 0.277 e. The lowest BCUT2D eigenvalue weighted by Gasteiger charge is -2.31. The summed E-state index contributed by atoms with van der Waals surface area (Å²) in [5.74, 6) is 0.886. The molecule has 1 aliphatic rings. The zero-order valence-electron chi connectivity index (χ0n) is 7.98. The van der Waals surface area contributed by atoms with Gasteiger partial charge >= 0.3 is 0 Å². The molecule has 0 bridgehead atoms. The monoisotopic (exact) mass is 180 g/mol. The normalized spacial score (nSPS) is 16.4. The Kier molecular flexibility index (Phi) is 1.55. The first kappa shape index (κ1) is 8.10. The minimum atomic E-state index is -0.00583. The third kappa shape index (κ3) is 0.998. The van der Waals surface area contributed by atoms with Gasteiger partial charge in [0.1, 0.15) is 5.82 Å². The fourth-order valence-corrected chi connectivity index (χ4v) is 1.65. The number of amides is 1. The molecule has 70 valence electrons. The Morgan fingerprint density at radius 1 is 1.31 bits per heavy atom. The van der Waals surface area contributed by atoms with Crippen molar-refractivity contribution < 1.29 is 4.79 Å². The number of imidazole rings is 1. The SMILES string of the molecule is CN1CN(C)c2c(ncn2C)C1=O. The van der Waals surface area contributed by atoms with Crippen LogP contribution < -0.4 is 4.90 Å². The lowest BCUT2D eigenvalue weighted by atomic mass is 10.3. The lowest BCUT2D eigenvalue weighted by Crippen LogP contribution is -2.43. The van der Waals surface area contributed by atoms with Gasteiger partial charge in [0, 0.05) is 21.1 Å². The van der Waals surface area contributed by atoms with Crippen LogP contribution in [0.1, 0.15) is 10.5 Å². The van der Waals surface area contributed by atoms with Crippen molar-refractivity contribution in [3.05, 3.63) is 12.0 Å². The van der Waals surface area contributed by atoms with Gasteiger partial charge in [-0.3, -0.25) is 4.79 Å². The van der Waals surface area contributed by atoms with E-state index in [4.69, 9.17) is 0 Å². The molecule has 13 heavy (non-hydrogen) atoms. The van der Waals surface area contributed by atoms with Crippen molar-refractivity contribution in [3.8, 4) is 0 Å². The van der Waals surface area contributed by atoms with E-state index in [1.54, 1.807) is 18.3 Å². The average molecular weight is 180 g/mol. The third-order valence-electron chi connectivity index (χ3n) is 2.24. The van der Waals surface area contributed by atoms with Crippen molar-refractivity contribution in [2.45, 2.75) is 0 Å². The maximum absolute atomic E-state index is 11.6. The number of hydrogen-bond acceptors (Lipinski definition) is 3. The molecule has 0 saturated heterocycles. The van der Waals surface area contributed by atoms with Gasteiger partial charge in [0.15, 0.2) is 5.69 Å². The number of carbonyl (C=O) groups is 1. The first-order chi connectivity index (χ1) is 6.11. The highest BCUT2D eigenvalue weighted by Gasteiger charge is 2.28. The summed E-state index contributed by atoms with van der Waals surface area (Å²) in [5, 5.41) is 0. The van der Waals surface area contributed by atoms with Gasteiger partial charge in [-0.2, -0.15) is 0 Å². The molecule has 0 saturated carbocycles. The number of carbonyl (C=O) groups excluding carboxylic acids is 1. The highest BCUT2D eigenvalue weighted by atomic mass is 16.2. The predicted molar refractivity (Wildman–Crippen MR) is 48.6 cm³/mol. The van der Waals surface area contributed by atoms with Crippen LogP contribution in [0.4, 0.5) is 5.82 Å². The number of hydrogen-bond donors (Lipinski definition) is 0. The highest BCUT2D eigenvalue weighted by Crippen LogP contribution is 2.22. The van der Waals surface area contributed by atoms with Crippen molar-refractivity contribution >= 4 is 11.7 Å². The Balaban J connectivity index is 2.56. The van der Waals surface area contributed by atoms with Crippen molar-refractivity contribution in [1.29, 1.82) is 0 Å². The number of anilines is 1. The van der Waals surface area contributed by atoms with Crippen molar-refractivity contribution in [1.82, 2.24) is 14.5 Å². The Hall–Kier alpha value is -1.52. The second kappa shape index (κ2) is 2.48. The molecule has 0 radical (unpaired) electrons. The van der Waals surface area contributed by atoms with E-state index in [0.29, 0.717) is 12.4 Å². The molecule has 1 aliphatic heterocycles. The Labute approximate surface area is 76.6 Å². The number of rotatable bonds is 0. The molecular formula is C8H12N4O. The van der Waals surface area contributed by atoms with Crippen molar-refractivity contribution in [3.63, 3.8) is 0 Å². The van der Waals surface area contributed by atoms with E-state index >= 15 is 0 Å². The van der Waals surface area contributed by atoms with E-state index in [-0.39, 0.29) is 5.91 Å². The van der Waals surface area contributed by atoms with Crippen LogP contribution >= 0.6 is 0 Å². The van der Waals surface area contributed by atoms with Crippen LogP contribution in [-0.4, -0.2) is 41.1 Å². The quantitative estimate of drug-likeness (QED) is 0.560. The van der Waals surface area contributed by atoms with Gasteiger partial charge in [-0.15, -0.1) is 0 Å². The third-order valence-corrected chi connectivity index (χ3v) is 2.24. The molecule has 5 heteroatoms. The molecule has 5 nitrogen and oxygen atoms in total. The van der Waals surface area contributed by atoms with E-state index in [0.717, 1.165) is 5.82 Å². The number of aryl methyl sites for hydroxylation is 1. The molecule has 1 aromatic rings. The largest absolute Gasteiger partial charge is 0.341 e. The topological polar surface area (TPSA) is 41.4 Å². The van der Waals surface area contributed by atoms with E-state index < -0.39 is 0 Å². The first-order valence-electron chi connectivity index (χ1n) is 4.09. The Bertz CT molecular complexity index is 357. The summed E-state index contributed by atoms with van der Waals surface area (Å²) < 4.78 is 1.86. The molecule has 0 N–H and O–H groups in total. The lowest BCUT2D eigenvalue weighted by molar-refractivity contribution is 0.0778. The number of fused-ring (bicyclic) bond motifs is 1. The summed E-state index contributed by atoms with van der Waals surface area (Å²) in [7, 11) is 5.61. The van der Waals surface area contributed by atoms with E-state index in [9.17, 15) is 4.79 Å². The van der Waals surface area contributed by atoms with Crippen LogP contribution in [0.25, 0.3) is 0 Å². The summed E-state index contributed by atoms with van der Waals surface area (Å²) in [6.45, 7) is 0.616. The highest BCUT2D eigenvalue weighted by molar-refractivity contribution is 5.98. The number of nitrogens with zero attached hydrogens (tertiary/aromatic N) is 4. The van der Waals surface area contributed by atoms with Gasteiger partial charge in [0.05, 0.1) is 13.0 Å². The zero-order chi connectivity index (χ0) is 9.59. The molecule has 2 rings (SSSR count). The fraction of sp³-hybridized carbons (Fsp3) is 0.500. The fourth-order valence-electron chi connectivity index (χ4n) is 1.65. The van der Waals surface area contributed by atoms with E-state index in [1.165, 1.54) is 0 Å². The summed E-state index contributed by atoms with van der Waals surface area (Å²) in [6, 6.07) is 0. The second-order valence-corrected chi connectivity index (χ2v) is 3.37. The zero-order valence-corrected chi connectivity index (χ0v) is 7.98.